The number of amidine groups is 1. The summed E-state index contributed by atoms with van der Waals surface area (Å²) in [6, 6.07) is 5.82. The van der Waals surface area contributed by atoms with Crippen LogP contribution in [0.15, 0.2) is 22.6 Å². The van der Waals surface area contributed by atoms with Crippen LogP contribution in [0.25, 0.3) is 0 Å². The fraction of sp³-hybridized carbons (Fsp3) is 0.500. The lowest BCUT2D eigenvalue weighted by atomic mass is 9.97. The number of nitrogens with zero attached hydrogens (tertiary/aromatic N) is 1. The third-order valence-electron chi connectivity index (χ3n) is 3.69. The summed E-state index contributed by atoms with van der Waals surface area (Å²) >= 11 is 0. The zero-order valence-corrected chi connectivity index (χ0v) is 11.6. The number of fused-ring (bicyclic) bond motifs is 1. The van der Waals surface area contributed by atoms with Crippen LogP contribution >= 0.6 is 0 Å². The van der Waals surface area contributed by atoms with E-state index in [1.165, 1.54) is 19.3 Å². The van der Waals surface area contributed by atoms with E-state index < -0.39 is 11.0 Å². The van der Waals surface area contributed by atoms with Crippen LogP contribution in [0.3, 0.4) is 0 Å². The monoisotopic (exact) mass is 278 g/mol. The molecular weight excluding hydrogens is 260 g/mol. The van der Waals surface area contributed by atoms with Gasteiger partial charge in [0, 0.05) is 0 Å². The second-order valence-electron chi connectivity index (χ2n) is 5.11. The molecule has 2 aliphatic rings. The third-order valence-corrected chi connectivity index (χ3v) is 4.65. The minimum atomic E-state index is -1.24. The van der Waals surface area contributed by atoms with Crippen LogP contribution in [0, 0.1) is 0 Å². The van der Waals surface area contributed by atoms with Gasteiger partial charge in [-0.1, -0.05) is 18.6 Å². The molecule has 0 saturated heterocycles. The summed E-state index contributed by atoms with van der Waals surface area (Å²) in [6.07, 6.45) is 6.25. The predicted molar refractivity (Wildman–Crippen MR) is 76.5 cm³/mol. The van der Waals surface area contributed by atoms with E-state index in [9.17, 15) is 4.21 Å². The molecule has 1 aromatic rings. The van der Waals surface area contributed by atoms with E-state index in [-0.39, 0.29) is 6.10 Å². The zero-order valence-electron chi connectivity index (χ0n) is 10.8. The molecule has 1 unspecified atom stereocenters. The van der Waals surface area contributed by atoms with Gasteiger partial charge in [0.25, 0.3) is 0 Å². The van der Waals surface area contributed by atoms with Crippen LogP contribution in [-0.2, 0) is 16.7 Å². The van der Waals surface area contributed by atoms with Gasteiger partial charge < -0.3 is 10.5 Å². The summed E-state index contributed by atoms with van der Waals surface area (Å²) in [6.45, 7) is 0. The number of benzene rings is 1. The molecule has 1 aliphatic heterocycles. The van der Waals surface area contributed by atoms with Crippen molar-refractivity contribution < 1.29 is 8.95 Å². The number of hydrogen-bond acceptors (Lipinski definition) is 3. The van der Waals surface area contributed by atoms with Gasteiger partial charge in [-0.05, 0) is 37.3 Å². The summed E-state index contributed by atoms with van der Waals surface area (Å²) in [5, 5.41) is 0. The standard InChI is InChI=1S/C14H18N2O2S/c15-14-13-10(9-19(17)16-14)5-4-8-12(13)18-11-6-2-1-3-7-11/h4-5,8,11H,1-3,6-7,9H2,(H2,15,16). The Hall–Kier alpha value is -1.36. The van der Waals surface area contributed by atoms with Crippen molar-refractivity contribution in [2.45, 2.75) is 44.0 Å². The lowest BCUT2D eigenvalue weighted by molar-refractivity contribution is 0.154. The molecule has 5 heteroatoms. The summed E-state index contributed by atoms with van der Waals surface area (Å²) in [7, 11) is -1.24. The van der Waals surface area contributed by atoms with Crippen molar-refractivity contribution in [3.63, 3.8) is 0 Å². The minimum absolute atomic E-state index is 0.278. The van der Waals surface area contributed by atoms with E-state index in [4.69, 9.17) is 10.5 Å². The Balaban J connectivity index is 1.89. The summed E-state index contributed by atoms with van der Waals surface area (Å²) in [5.41, 5.74) is 7.73. The number of ether oxygens (including phenoxy) is 1. The van der Waals surface area contributed by atoms with Crippen molar-refractivity contribution in [3.05, 3.63) is 29.3 Å². The van der Waals surface area contributed by atoms with Gasteiger partial charge in [0.15, 0.2) is 0 Å². The lowest BCUT2D eigenvalue weighted by Crippen LogP contribution is -2.25. The maximum absolute atomic E-state index is 11.5. The highest BCUT2D eigenvalue weighted by molar-refractivity contribution is 7.83. The van der Waals surface area contributed by atoms with E-state index >= 15 is 0 Å². The quantitative estimate of drug-likeness (QED) is 0.902. The van der Waals surface area contributed by atoms with Gasteiger partial charge in [-0.15, -0.1) is 0 Å². The van der Waals surface area contributed by atoms with E-state index in [0.717, 1.165) is 29.7 Å². The van der Waals surface area contributed by atoms with Crippen LogP contribution in [0.2, 0.25) is 0 Å². The van der Waals surface area contributed by atoms with Gasteiger partial charge in [-0.3, -0.25) is 0 Å². The smallest absolute Gasteiger partial charge is 0.145 e. The maximum atomic E-state index is 11.5. The Morgan fingerprint density at radius 3 is 2.84 bits per heavy atom. The van der Waals surface area contributed by atoms with E-state index in [0.29, 0.717) is 11.6 Å². The van der Waals surface area contributed by atoms with E-state index in [2.05, 4.69) is 4.40 Å². The Morgan fingerprint density at radius 2 is 2.05 bits per heavy atom. The topological polar surface area (TPSA) is 64.7 Å². The first-order chi connectivity index (χ1) is 9.24. The molecule has 0 aromatic heterocycles. The van der Waals surface area contributed by atoms with Gasteiger partial charge in [0.05, 0.1) is 17.4 Å². The first-order valence-corrected chi connectivity index (χ1v) is 8.03. The molecule has 1 aromatic carbocycles. The highest BCUT2D eigenvalue weighted by Crippen LogP contribution is 2.30. The molecule has 0 spiro atoms. The highest BCUT2D eigenvalue weighted by atomic mass is 32.2. The summed E-state index contributed by atoms with van der Waals surface area (Å²) < 4.78 is 21.6. The van der Waals surface area contributed by atoms with Gasteiger partial charge in [0.1, 0.15) is 22.6 Å². The number of hydrogen-bond donors (Lipinski definition) is 1. The van der Waals surface area contributed by atoms with Crippen LogP contribution in [-0.4, -0.2) is 16.1 Å². The van der Waals surface area contributed by atoms with Crippen LogP contribution in [0.4, 0.5) is 0 Å². The largest absolute Gasteiger partial charge is 0.490 e. The Labute approximate surface area is 115 Å². The Bertz CT molecular complexity index is 536. The molecule has 0 amide bonds. The van der Waals surface area contributed by atoms with Crippen LogP contribution < -0.4 is 10.5 Å². The Kier molecular flexibility index (Phi) is 3.55. The normalized spacial score (nSPS) is 23.6. The molecular formula is C14H18N2O2S. The SMILES string of the molecule is NC1=NS(=O)Cc2cccc(OC3CCCCC3)c21. The van der Waals surface area contributed by atoms with E-state index in [1.54, 1.807) is 0 Å². The van der Waals surface area contributed by atoms with Crippen molar-refractivity contribution in [2.75, 3.05) is 0 Å². The van der Waals surface area contributed by atoms with Crippen LogP contribution in [0.5, 0.6) is 5.75 Å². The molecule has 0 bridgehead atoms. The van der Waals surface area contributed by atoms with Crippen molar-refractivity contribution >= 4 is 16.8 Å². The first-order valence-electron chi connectivity index (χ1n) is 6.75. The number of nitrogens with two attached hydrogens (primary N) is 1. The molecule has 4 nitrogen and oxygen atoms in total. The molecule has 0 radical (unpaired) electrons. The van der Waals surface area contributed by atoms with Gasteiger partial charge in [-0.2, -0.15) is 4.40 Å². The first kappa shape index (κ1) is 12.7. The maximum Gasteiger partial charge on any atom is 0.145 e. The lowest BCUT2D eigenvalue weighted by Gasteiger charge is -2.25. The fourth-order valence-corrected chi connectivity index (χ4v) is 3.65. The van der Waals surface area contributed by atoms with Crippen LogP contribution in [0.1, 0.15) is 43.2 Å². The van der Waals surface area contributed by atoms with Crippen molar-refractivity contribution in [3.8, 4) is 5.75 Å². The molecule has 1 aliphatic carbocycles. The average molecular weight is 278 g/mol. The van der Waals surface area contributed by atoms with Gasteiger partial charge >= 0.3 is 0 Å². The Morgan fingerprint density at radius 1 is 1.26 bits per heavy atom. The molecule has 1 fully saturated rings. The molecule has 1 atom stereocenters. The molecule has 19 heavy (non-hydrogen) atoms. The van der Waals surface area contributed by atoms with Crippen molar-refractivity contribution in [1.29, 1.82) is 0 Å². The van der Waals surface area contributed by atoms with Gasteiger partial charge in [-0.25, -0.2) is 4.21 Å². The minimum Gasteiger partial charge on any atom is -0.490 e. The zero-order chi connectivity index (χ0) is 13.2. The fourth-order valence-electron chi connectivity index (χ4n) is 2.77. The summed E-state index contributed by atoms with van der Waals surface area (Å²) in [4.78, 5) is 0. The highest BCUT2D eigenvalue weighted by Gasteiger charge is 2.23. The van der Waals surface area contributed by atoms with Gasteiger partial charge in [0.2, 0.25) is 0 Å². The van der Waals surface area contributed by atoms with Crippen molar-refractivity contribution in [2.24, 2.45) is 10.1 Å². The summed E-state index contributed by atoms with van der Waals surface area (Å²) in [5.74, 6) is 1.56. The molecule has 1 heterocycles. The molecule has 2 N–H and O–H groups in total. The second kappa shape index (κ2) is 5.33. The molecule has 3 rings (SSSR count). The number of rotatable bonds is 2. The third kappa shape index (κ3) is 2.66. The predicted octanol–water partition coefficient (Wildman–Crippen LogP) is 2.28. The second-order valence-corrected chi connectivity index (χ2v) is 6.22. The van der Waals surface area contributed by atoms with Crippen molar-refractivity contribution in [1.82, 2.24) is 0 Å². The average Bonchev–Trinajstić information content (AvgIpc) is 2.39. The van der Waals surface area contributed by atoms with E-state index in [1.807, 2.05) is 18.2 Å². The molecule has 102 valence electrons. The molecule has 1 saturated carbocycles.